The highest BCUT2D eigenvalue weighted by Crippen LogP contribution is 2.25. The Balaban J connectivity index is 2.07. The van der Waals surface area contributed by atoms with E-state index in [-0.39, 0.29) is 18.7 Å². The van der Waals surface area contributed by atoms with Crippen LogP contribution in [-0.2, 0) is 4.79 Å². The lowest BCUT2D eigenvalue weighted by Crippen LogP contribution is -2.26. The number of benzene rings is 1. The molecule has 0 saturated carbocycles. The van der Waals surface area contributed by atoms with Crippen molar-refractivity contribution in [1.82, 2.24) is 10.3 Å². The summed E-state index contributed by atoms with van der Waals surface area (Å²) in [5.74, 6) is -1.86. The summed E-state index contributed by atoms with van der Waals surface area (Å²) in [6.07, 6.45) is -0.157. The standard InChI is InChI=1S/C13H11FN2O3S/c14-9-4-2-1-3-8(9)13-16-10(7-20-13)12(19)15-6-5-11(17)18/h1-4,7H,5-6H2,(H,15,19)(H,17,18). The molecule has 1 aromatic carbocycles. The van der Waals surface area contributed by atoms with E-state index in [1.54, 1.807) is 18.2 Å². The second kappa shape index (κ2) is 6.25. The zero-order valence-electron chi connectivity index (χ0n) is 10.3. The Kier molecular flexibility index (Phi) is 4.41. The molecular weight excluding hydrogens is 283 g/mol. The van der Waals surface area contributed by atoms with Gasteiger partial charge in [-0.05, 0) is 12.1 Å². The lowest BCUT2D eigenvalue weighted by atomic mass is 10.2. The second-order valence-electron chi connectivity index (χ2n) is 3.92. The number of carbonyl (C=O) groups excluding carboxylic acids is 1. The molecule has 20 heavy (non-hydrogen) atoms. The Morgan fingerprint density at radius 1 is 1.35 bits per heavy atom. The van der Waals surface area contributed by atoms with Crippen LogP contribution in [0.1, 0.15) is 16.9 Å². The third-order valence-corrected chi connectivity index (χ3v) is 3.34. The predicted octanol–water partition coefficient (Wildman–Crippen LogP) is 2.15. The zero-order chi connectivity index (χ0) is 14.5. The summed E-state index contributed by atoms with van der Waals surface area (Å²) >= 11 is 1.16. The predicted molar refractivity (Wildman–Crippen MR) is 72.1 cm³/mol. The first-order chi connectivity index (χ1) is 9.58. The second-order valence-corrected chi connectivity index (χ2v) is 4.78. The maximum atomic E-state index is 13.6. The fourth-order valence-corrected chi connectivity index (χ4v) is 2.34. The maximum Gasteiger partial charge on any atom is 0.305 e. The Morgan fingerprint density at radius 2 is 2.10 bits per heavy atom. The molecular formula is C13H11FN2O3S. The fraction of sp³-hybridized carbons (Fsp3) is 0.154. The Hall–Kier alpha value is -2.28. The highest BCUT2D eigenvalue weighted by Gasteiger charge is 2.13. The third kappa shape index (κ3) is 3.39. The van der Waals surface area contributed by atoms with Crippen molar-refractivity contribution in [3.63, 3.8) is 0 Å². The zero-order valence-corrected chi connectivity index (χ0v) is 11.1. The number of amides is 1. The minimum Gasteiger partial charge on any atom is -0.481 e. The minimum atomic E-state index is -0.990. The number of nitrogens with one attached hydrogen (secondary N) is 1. The molecule has 2 aromatic rings. The number of carboxylic acids is 1. The van der Waals surface area contributed by atoms with Crippen LogP contribution in [0.3, 0.4) is 0 Å². The van der Waals surface area contributed by atoms with Crippen LogP contribution in [0, 0.1) is 5.82 Å². The average Bonchev–Trinajstić information content (AvgIpc) is 2.88. The van der Waals surface area contributed by atoms with Gasteiger partial charge in [-0.2, -0.15) is 0 Å². The highest BCUT2D eigenvalue weighted by molar-refractivity contribution is 7.13. The van der Waals surface area contributed by atoms with E-state index in [0.29, 0.717) is 10.6 Å². The van der Waals surface area contributed by atoms with E-state index in [1.807, 2.05) is 0 Å². The van der Waals surface area contributed by atoms with E-state index in [1.165, 1.54) is 11.4 Å². The van der Waals surface area contributed by atoms with E-state index >= 15 is 0 Å². The van der Waals surface area contributed by atoms with Crippen molar-refractivity contribution in [3.05, 3.63) is 41.2 Å². The van der Waals surface area contributed by atoms with Crippen LogP contribution in [0.4, 0.5) is 4.39 Å². The molecule has 1 heterocycles. The van der Waals surface area contributed by atoms with Gasteiger partial charge in [0, 0.05) is 17.5 Å². The fourth-order valence-electron chi connectivity index (χ4n) is 1.51. The molecule has 0 aliphatic rings. The summed E-state index contributed by atoms with van der Waals surface area (Å²) in [4.78, 5) is 26.1. The van der Waals surface area contributed by atoms with Crippen LogP contribution < -0.4 is 5.32 Å². The molecule has 0 bridgehead atoms. The normalized spacial score (nSPS) is 10.2. The number of carboxylic acid groups (broad SMARTS) is 1. The van der Waals surface area contributed by atoms with Crippen molar-refractivity contribution in [3.8, 4) is 10.6 Å². The van der Waals surface area contributed by atoms with Crippen molar-refractivity contribution in [2.75, 3.05) is 6.54 Å². The molecule has 104 valence electrons. The molecule has 1 amide bonds. The van der Waals surface area contributed by atoms with Crippen LogP contribution in [0.2, 0.25) is 0 Å². The molecule has 1 aromatic heterocycles. The summed E-state index contributed by atoms with van der Waals surface area (Å²) in [7, 11) is 0. The number of carbonyl (C=O) groups is 2. The van der Waals surface area contributed by atoms with Crippen molar-refractivity contribution >= 4 is 23.2 Å². The quantitative estimate of drug-likeness (QED) is 0.885. The summed E-state index contributed by atoms with van der Waals surface area (Å²) in [5.41, 5.74) is 0.487. The van der Waals surface area contributed by atoms with Crippen molar-refractivity contribution in [2.24, 2.45) is 0 Å². The Labute approximate surface area is 118 Å². The molecule has 2 N–H and O–H groups in total. The smallest absolute Gasteiger partial charge is 0.305 e. The van der Waals surface area contributed by atoms with Gasteiger partial charge in [-0.1, -0.05) is 12.1 Å². The van der Waals surface area contributed by atoms with Gasteiger partial charge in [0.2, 0.25) is 0 Å². The SMILES string of the molecule is O=C(O)CCNC(=O)c1csc(-c2ccccc2F)n1. The lowest BCUT2D eigenvalue weighted by Gasteiger charge is -2.00. The number of hydrogen-bond donors (Lipinski definition) is 2. The van der Waals surface area contributed by atoms with Crippen molar-refractivity contribution in [2.45, 2.75) is 6.42 Å². The number of nitrogens with zero attached hydrogens (tertiary/aromatic N) is 1. The van der Waals surface area contributed by atoms with E-state index in [2.05, 4.69) is 10.3 Å². The number of aromatic nitrogens is 1. The largest absolute Gasteiger partial charge is 0.481 e. The van der Waals surface area contributed by atoms with Crippen LogP contribution >= 0.6 is 11.3 Å². The van der Waals surface area contributed by atoms with Crippen LogP contribution in [0.5, 0.6) is 0 Å². The molecule has 0 fully saturated rings. The maximum absolute atomic E-state index is 13.6. The summed E-state index contributed by atoms with van der Waals surface area (Å²) in [6, 6.07) is 6.17. The Bertz CT molecular complexity index is 642. The number of thiazole rings is 1. The topological polar surface area (TPSA) is 79.3 Å². The lowest BCUT2D eigenvalue weighted by molar-refractivity contribution is -0.136. The number of aliphatic carboxylic acids is 1. The van der Waals surface area contributed by atoms with Crippen molar-refractivity contribution in [1.29, 1.82) is 0 Å². The first-order valence-electron chi connectivity index (χ1n) is 5.78. The third-order valence-electron chi connectivity index (χ3n) is 2.47. The van der Waals surface area contributed by atoms with Gasteiger partial charge in [0.15, 0.2) is 0 Å². The first-order valence-corrected chi connectivity index (χ1v) is 6.66. The van der Waals surface area contributed by atoms with Gasteiger partial charge in [0.1, 0.15) is 16.5 Å². The molecule has 0 saturated heterocycles. The van der Waals surface area contributed by atoms with E-state index < -0.39 is 17.7 Å². The van der Waals surface area contributed by atoms with Gasteiger partial charge >= 0.3 is 5.97 Å². The van der Waals surface area contributed by atoms with Gasteiger partial charge in [-0.25, -0.2) is 9.37 Å². The molecule has 7 heteroatoms. The number of halogens is 1. The van der Waals surface area contributed by atoms with Gasteiger partial charge in [0.05, 0.1) is 6.42 Å². The van der Waals surface area contributed by atoms with E-state index in [9.17, 15) is 14.0 Å². The number of rotatable bonds is 5. The molecule has 0 unspecified atom stereocenters. The van der Waals surface area contributed by atoms with E-state index in [4.69, 9.17) is 5.11 Å². The minimum absolute atomic E-state index is 0.0285. The first kappa shape index (κ1) is 14.1. The van der Waals surface area contributed by atoms with Gasteiger partial charge < -0.3 is 10.4 Å². The summed E-state index contributed by atoms with van der Waals surface area (Å²) in [5, 5.41) is 12.8. The van der Waals surface area contributed by atoms with Gasteiger partial charge in [-0.3, -0.25) is 9.59 Å². The highest BCUT2D eigenvalue weighted by atomic mass is 32.1. The van der Waals surface area contributed by atoms with Crippen molar-refractivity contribution < 1.29 is 19.1 Å². The molecule has 2 rings (SSSR count). The Morgan fingerprint density at radius 3 is 2.80 bits per heavy atom. The molecule has 0 atom stereocenters. The van der Waals surface area contributed by atoms with Crippen LogP contribution in [-0.4, -0.2) is 28.5 Å². The molecule has 0 aliphatic carbocycles. The van der Waals surface area contributed by atoms with Gasteiger partial charge in [-0.15, -0.1) is 11.3 Å². The van der Waals surface area contributed by atoms with Gasteiger partial charge in [0.25, 0.3) is 5.91 Å². The molecule has 0 radical (unpaired) electrons. The molecule has 0 aliphatic heterocycles. The van der Waals surface area contributed by atoms with Crippen LogP contribution in [0.15, 0.2) is 29.6 Å². The molecule has 0 spiro atoms. The number of hydrogen-bond acceptors (Lipinski definition) is 4. The average molecular weight is 294 g/mol. The monoisotopic (exact) mass is 294 g/mol. The molecule has 5 nitrogen and oxygen atoms in total. The van der Waals surface area contributed by atoms with E-state index in [0.717, 1.165) is 11.3 Å². The summed E-state index contributed by atoms with van der Waals surface area (Å²) in [6.45, 7) is 0.0285. The summed E-state index contributed by atoms with van der Waals surface area (Å²) < 4.78 is 13.6. The van der Waals surface area contributed by atoms with Crippen LogP contribution in [0.25, 0.3) is 10.6 Å².